The van der Waals surface area contributed by atoms with Crippen molar-refractivity contribution in [3.8, 4) is 17.2 Å². The van der Waals surface area contributed by atoms with Gasteiger partial charge in [-0.1, -0.05) is 48.5 Å². The van der Waals surface area contributed by atoms with Crippen molar-refractivity contribution >= 4 is 34.7 Å². The topological polar surface area (TPSA) is 86.2 Å². The molecule has 0 aliphatic rings. The number of rotatable bonds is 6. The number of nitrogens with one attached hydrogen (secondary N) is 3. The Morgan fingerprint density at radius 3 is 2.48 bits per heavy atom. The van der Waals surface area contributed by atoms with E-state index in [0.29, 0.717) is 34.2 Å². The van der Waals surface area contributed by atoms with Crippen LogP contribution in [0.25, 0.3) is 11.1 Å². The van der Waals surface area contributed by atoms with Crippen LogP contribution >= 0.6 is 12.2 Å². The van der Waals surface area contributed by atoms with Gasteiger partial charge in [-0.25, -0.2) is 4.79 Å². The number of esters is 1. The number of thiocarbonyl (C=S) groups is 1. The van der Waals surface area contributed by atoms with E-state index in [0.717, 1.165) is 16.7 Å². The highest BCUT2D eigenvalue weighted by Crippen LogP contribution is 2.28. The van der Waals surface area contributed by atoms with Crippen LogP contribution in [0.3, 0.4) is 0 Å². The summed E-state index contributed by atoms with van der Waals surface area (Å²) in [6, 6.07) is 23.0. The molecule has 0 spiro atoms. The highest BCUT2D eigenvalue weighted by Gasteiger charge is 2.16. The molecule has 0 aromatic heterocycles. The molecule has 0 heterocycles. The van der Waals surface area contributed by atoms with Crippen molar-refractivity contribution < 1.29 is 9.53 Å². The average Bonchev–Trinajstić information content (AvgIpc) is 2.82. The van der Waals surface area contributed by atoms with Crippen molar-refractivity contribution in [2.75, 3.05) is 24.8 Å². The Bertz CT molecular complexity index is 1140. The molecule has 0 radical (unpaired) electrons. The lowest BCUT2D eigenvalue weighted by Gasteiger charge is -2.17. The summed E-state index contributed by atoms with van der Waals surface area (Å²) in [6.07, 6.45) is 0. The number of hydrogen-bond donors (Lipinski definition) is 3. The lowest BCUT2D eigenvalue weighted by Crippen LogP contribution is -2.25. The van der Waals surface area contributed by atoms with Crippen LogP contribution in [0.5, 0.6) is 0 Å². The zero-order chi connectivity index (χ0) is 22.2. The fourth-order valence-electron chi connectivity index (χ4n) is 3.14. The molecule has 3 aromatic carbocycles. The van der Waals surface area contributed by atoms with Crippen LogP contribution in [0.1, 0.15) is 21.5 Å². The van der Waals surface area contributed by atoms with Crippen LogP contribution in [0, 0.1) is 11.3 Å². The molecular weight excluding hydrogens is 408 g/mol. The van der Waals surface area contributed by atoms with Gasteiger partial charge in [0, 0.05) is 13.6 Å². The Balaban J connectivity index is 1.84. The Labute approximate surface area is 186 Å². The number of para-hydroxylation sites is 1. The first kappa shape index (κ1) is 21.8. The molecule has 0 saturated carbocycles. The molecule has 6 nitrogen and oxygen atoms in total. The van der Waals surface area contributed by atoms with Crippen LogP contribution in [0.4, 0.5) is 11.4 Å². The molecule has 0 aliphatic heterocycles. The zero-order valence-corrected chi connectivity index (χ0v) is 18.0. The summed E-state index contributed by atoms with van der Waals surface area (Å²) in [4.78, 5) is 12.3. The molecule has 0 bridgehead atoms. The predicted octanol–water partition coefficient (Wildman–Crippen LogP) is 4.54. The van der Waals surface area contributed by atoms with E-state index in [9.17, 15) is 10.1 Å². The monoisotopic (exact) mass is 430 g/mol. The first-order chi connectivity index (χ1) is 15.1. The second kappa shape index (κ2) is 10.2. The minimum Gasteiger partial charge on any atom is -0.465 e. The highest BCUT2D eigenvalue weighted by molar-refractivity contribution is 7.80. The summed E-state index contributed by atoms with van der Waals surface area (Å²) < 4.78 is 4.92. The van der Waals surface area contributed by atoms with E-state index in [1.165, 1.54) is 7.11 Å². The van der Waals surface area contributed by atoms with E-state index in [2.05, 4.69) is 22.0 Å². The van der Waals surface area contributed by atoms with Crippen molar-refractivity contribution in [3.05, 3.63) is 83.4 Å². The number of nitriles is 1. The molecule has 0 saturated heterocycles. The largest absolute Gasteiger partial charge is 0.465 e. The van der Waals surface area contributed by atoms with Crippen molar-refractivity contribution in [1.29, 1.82) is 5.26 Å². The van der Waals surface area contributed by atoms with E-state index in [4.69, 9.17) is 17.0 Å². The molecule has 3 rings (SSSR count). The van der Waals surface area contributed by atoms with Gasteiger partial charge in [-0.05, 0) is 47.1 Å². The molecule has 0 amide bonds. The first-order valence-corrected chi connectivity index (χ1v) is 10.0. The molecule has 31 heavy (non-hydrogen) atoms. The zero-order valence-electron chi connectivity index (χ0n) is 17.2. The van der Waals surface area contributed by atoms with Crippen LogP contribution in [-0.4, -0.2) is 25.2 Å². The van der Waals surface area contributed by atoms with Gasteiger partial charge in [0.05, 0.1) is 35.7 Å². The third-order valence-electron chi connectivity index (χ3n) is 4.73. The smallest absolute Gasteiger partial charge is 0.340 e. The van der Waals surface area contributed by atoms with Gasteiger partial charge >= 0.3 is 5.97 Å². The molecule has 156 valence electrons. The van der Waals surface area contributed by atoms with E-state index in [1.54, 1.807) is 25.2 Å². The molecule has 0 fully saturated rings. The average molecular weight is 431 g/mol. The quantitative estimate of drug-likeness (QED) is 0.391. The SMILES string of the molecule is CNC(=S)Nc1cccc(C(=O)OC)c1NCc1ccc(-c2ccccc2C#N)cc1. The lowest BCUT2D eigenvalue weighted by atomic mass is 9.99. The van der Waals surface area contributed by atoms with Crippen LogP contribution in [0.2, 0.25) is 0 Å². The second-order valence-corrected chi connectivity index (χ2v) is 7.04. The van der Waals surface area contributed by atoms with Gasteiger partial charge in [0.15, 0.2) is 5.11 Å². The van der Waals surface area contributed by atoms with E-state index < -0.39 is 5.97 Å². The van der Waals surface area contributed by atoms with Crippen molar-refractivity contribution in [2.45, 2.75) is 6.54 Å². The van der Waals surface area contributed by atoms with Gasteiger partial charge in [-0.3, -0.25) is 0 Å². The van der Waals surface area contributed by atoms with Gasteiger partial charge in [0.25, 0.3) is 0 Å². The molecule has 3 aromatic rings. The Hall–Kier alpha value is -3.89. The number of carbonyl (C=O) groups excluding carboxylic acids is 1. The Kier molecular flexibility index (Phi) is 7.20. The van der Waals surface area contributed by atoms with Crippen LogP contribution < -0.4 is 16.0 Å². The van der Waals surface area contributed by atoms with Crippen molar-refractivity contribution in [1.82, 2.24) is 5.32 Å². The van der Waals surface area contributed by atoms with Crippen molar-refractivity contribution in [2.24, 2.45) is 0 Å². The third kappa shape index (κ3) is 5.18. The van der Waals surface area contributed by atoms with Gasteiger partial charge in [-0.2, -0.15) is 5.26 Å². The summed E-state index contributed by atoms with van der Waals surface area (Å²) >= 11 is 5.20. The maximum Gasteiger partial charge on any atom is 0.340 e. The molecular formula is C24H22N4O2S. The molecule has 0 atom stereocenters. The van der Waals surface area contributed by atoms with Gasteiger partial charge in [0.2, 0.25) is 0 Å². The fourth-order valence-corrected chi connectivity index (χ4v) is 3.25. The number of ether oxygens (including phenoxy) is 1. The van der Waals surface area contributed by atoms with E-state index in [-0.39, 0.29) is 0 Å². The van der Waals surface area contributed by atoms with Crippen molar-refractivity contribution in [3.63, 3.8) is 0 Å². The summed E-state index contributed by atoms with van der Waals surface area (Å²) in [5, 5.41) is 19.0. The van der Waals surface area contributed by atoms with Crippen LogP contribution in [0.15, 0.2) is 66.7 Å². The minimum absolute atomic E-state index is 0.408. The lowest BCUT2D eigenvalue weighted by molar-refractivity contribution is 0.0602. The maximum absolute atomic E-state index is 12.3. The molecule has 0 aliphatic carbocycles. The number of nitrogens with zero attached hydrogens (tertiary/aromatic N) is 1. The normalized spacial score (nSPS) is 9.97. The van der Waals surface area contributed by atoms with Gasteiger partial charge in [-0.15, -0.1) is 0 Å². The van der Waals surface area contributed by atoms with Gasteiger partial charge < -0.3 is 20.7 Å². The number of carbonyl (C=O) groups is 1. The second-order valence-electron chi connectivity index (χ2n) is 6.63. The third-order valence-corrected chi connectivity index (χ3v) is 5.03. The summed E-state index contributed by atoms with van der Waals surface area (Å²) in [7, 11) is 3.07. The van der Waals surface area contributed by atoms with E-state index in [1.807, 2.05) is 48.5 Å². The summed E-state index contributed by atoms with van der Waals surface area (Å²) in [6.45, 7) is 0.481. The minimum atomic E-state index is -0.440. The van der Waals surface area contributed by atoms with Gasteiger partial charge in [0.1, 0.15) is 0 Å². The van der Waals surface area contributed by atoms with E-state index >= 15 is 0 Å². The number of methoxy groups -OCH3 is 1. The number of benzene rings is 3. The number of hydrogen-bond acceptors (Lipinski definition) is 5. The molecule has 7 heteroatoms. The Morgan fingerprint density at radius 2 is 1.81 bits per heavy atom. The van der Waals surface area contributed by atoms with Crippen LogP contribution in [-0.2, 0) is 11.3 Å². The first-order valence-electron chi connectivity index (χ1n) is 9.59. The molecule has 3 N–H and O–H groups in total. The molecule has 0 unspecified atom stereocenters. The standard InChI is InChI=1S/C24H22N4O2S/c1-26-24(31)28-21-9-5-8-20(23(29)30-2)22(21)27-15-16-10-12-17(13-11-16)19-7-4-3-6-18(19)14-25/h3-13,27H,15H2,1-2H3,(H2,26,28,31). The fraction of sp³-hybridized carbons (Fsp3) is 0.125. The maximum atomic E-state index is 12.3. The number of anilines is 2. The Morgan fingerprint density at radius 1 is 1.06 bits per heavy atom. The summed E-state index contributed by atoms with van der Waals surface area (Å²) in [5.41, 5.74) is 5.19. The predicted molar refractivity (Wildman–Crippen MR) is 127 cm³/mol. The summed E-state index contributed by atoms with van der Waals surface area (Å²) in [5.74, 6) is -0.440. The highest BCUT2D eigenvalue weighted by atomic mass is 32.1.